The van der Waals surface area contributed by atoms with Crippen molar-refractivity contribution in [3.05, 3.63) is 17.5 Å². The van der Waals surface area contributed by atoms with Gasteiger partial charge in [0.2, 0.25) is 0 Å². The van der Waals surface area contributed by atoms with E-state index in [1.807, 2.05) is 4.90 Å². The van der Waals surface area contributed by atoms with Crippen molar-refractivity contribution in [3.63, 3.8) is 0 Å². The van der Waals surface area contributed by atoms with Crippen LogP contribution in [0.3, 0.4) is 0 Å². The third kappa shape index (κ3) is 7.16. The van der Waals surface area contributed by atoms with Gasteiger partial charge in [-0.25, -0.2) is 4.79 Å². The Kier molecular flexibility index (Phi) is 8.79. The molecular formula is C18H26F3N3O7. The number of aliphatic carboxylic acids is 1. The number of nitrogens with zero attached hydrogens (tertiary/aromatic N) is 3. The summed E-state index contributed by atoms with van der Waals surface area (Å²) in [6, 6.07) is 0. The van der Waals surface area contributed by atoms with Gasteiger partial charge in [0.25, 0.3) is 5.91 Å². The van der Waals surface area contributed by atoms with E-state index in [1.54, 1.807) is 14.0 Å². The Morgan fingerprint density at radius 2 is 2.00 bits per heavy atom. The fourth-order valence-electron chi connectivity index (χ4n) is 3.27. The summed E-state index contributed by atoms with van der Waals surface area (Å²) < 4.78 is 53.8. The van der Waals surface area contributed by atoms with Crippen molar-refractivity contribution in [1.82, 2.24) is 15.0 Å². The highest BCUT2D eigenvalue weighted by molar-refractivity contribution is 5.94. The summed E-state index contributed by atoms with van der Waals surface area (Å²) in [4.78, 5) is 25.7. The van der Waals surface area contributed by atoms with Crippen LogP contribution in [0.25, 0.3) is 0 Å². The van der Waals surface area contributed by atoms with Crippen molar-refractivity contribution in [2.45, 2.75) is 18.7 Å². The van der Waals surface area contributed by atoms with Crippen molar-refractivity contribution in [1.29, 1.82) is 0 Å². The standard InChI is InChI=1S/C16H25N3O5.C2HF3O2/c1-13-14(9-17-24-13)15(20)19-5-8-23-16(11-19)10-18(3-6-21-2)4-7-22-12-16;3-2(4,5)1(6)7/h9H,3-8,10-12H2,1-2H3;(H,6,7). The number of morpholine rings is 1. The molecule has 1 amide bonds. The van der Waals surface area contributed by atoms with Crippen LogP contribution in [-0.4, -0.2) is 110 Å². The molecule has 10 nitrogen and oxygen atoms in total. The van der Waals surface area contributed by atoms with E-state index < -0.39 is 17.7 Å². The Balaban J connectivity index is 0.000000423. The first-order valence-electron chi connectivity index (χ1n) is 9.51. The van der Waals surface area contributed by atoms with E-state index in [2.05, 4.69) is 10.1 Å². The van der Waals surface area contributed by atoms with E-state index in [4.69, 9.17) is 28.6 Å². The molecule has 1 aromatic heterocycles. The topological polar surface area (TPSA) is 115 Å². The van der Waals surface area contributed by atoms with Gasteiger partial charge in [-0.1, -0.05) is 5.16 Å². The lowest BCUT2D eigenvalue weighted by atomic mass is 10.0. The van der Waals surface area contributed by atoms with Crippen LogP contribution < -0.4 is 0 Å². The molecule has 3 heterocycles. The number of methoxy groups -OCH3 is 1. The monoisotopic (exact) mass is 453 g/mol. The highest BCUT2D eigenvalue weighted by Gasteiger charge is 2.42. The van der Waals surface area contributed by atoms with E-state index in [1.165, 1.54) is 6.20 Å². The van der Waals surface area contributed by atoms with Crippen molar-refractivity contribution in [2.75, 3.05) is 66.3 Å². The number of ether oxygens (including phenoxy) is 3. The Morgan fingerprint density at radius 3 is 2.58 bits per heavy atom. The minimum Gasteiger partial charge on any atom is -0.475 e. The molecule has 1 unspecified atom stereocenters. The highest BCUT2D eigenvalue weighted by atomic mass is 19.4. The number of halogens is 3. The predicted molar refractivity (Wildman–Crippen MR) is 98.7 cm³/mol. The smallest absolute Gasteiger partial charge is 0.475 e. The summed E-state index contributed by atoms with van der Waals surface area (Å²) in [5, 5.41) is 10.8. The summed E-state index contributed by atoms with van der Waals surface area (Å²) in [5.41, 5.74) is 0.0151. The number of aryl methyl sites for hydroxylation is 1. The van der Waals surface area contributed by atoms with Crippen LogP contribution in [0.2, 0.25) is 0 Å². The molecule has 0 aliphatic carbocycles. The molecule has 2 fully saturated rings. The van der Waals surface area contributed by atoms with E-state index in [-0.39, 0.29) is 5.91 Å². The number of alkyl halides is 3. The zero-order chi connectivity index (χ0) is 23.1. The molecule has 0 saturated carbocycles. The van der Waals surface area contributed by atoms with Gasteiger partial charge < -0.3 is 28.7 Å². The van der Waals surface area contributed by atoms with Gasteiger partial charge in [-0.3, -0.25) is 9.69 Å². The molecule has 1 spiro atoms. The van der Waals surface area contributed by atoms with Gasteiger partial charge in [-0.15, -0.1) is 0 Å². The van der Waals surface area contributed by atoms with Crippen molar-refractivity contribution in [2.24, 2.45) is 0 Å². The minimum atomic E-state index is -5.08. The lowest BCUT2D eigenvalue weighted by Gasteiger charge is -2.43. The van der Waals surface area contributed by atoms with E-state index >= 15 is 0 Å². The Labute approximate surface area is 176 Å². The van der Waals surface area contributed by atoms with Crippen LogP contribution in [0, 0.1) is 6.92 Å². The number of carboxylic acids is 1. The molecule has 2 saturated heterocycles. The number of carboxylic acid groups (broad SMARTS) is 1. The third-order valence-corrected chi connectivity index (χ3v) is 4.80. The second kappa shape index (κ2) is 10.9. The zero-order valence-corrected chi connectivity index (χ0v) is 17.3. The van der Waals surface area contributed by atoms with E-state index in [0.717, 1.165) is 19.6 Å². The molecule has 0 bridgehead atoms. The summed E-state index contributed by atoms with van der Waals surface area (Å²) in [6.45, 7) is 7.51. The molecule has 0 radical (unpaired) electrons. The Hall–Kier alpha value is -2.22. The maximum absolute atomic E-state index is 12.7. The maximum atomic E-state index is 12.7. The molecule has 2 aliphatic heterocycles. The minimum absolute atomic E-state index is 0.0656. The average Bonchev–Trinajstić information content (AvgIpc) is 3.04. The van der Waals surface area contributed by atoms with Gasteiger partial charge in [-0.2, -0.15) is 13.2 Å². The Morgan fingerprint density at radius 1 is 1.29 bits per heavy atom. The molecule has 2 aliphatic rings. The normalized spacial score (nSPS) is 22.5. The fourth-order valence-corrected chi connectivity index (χ4v) is 3.27. The Bertz CT molecular complexity index is 743. The van der Waals surface area contributed by atoms with E-state index in [9.17, 15) is 18.0 Å². The van der Waals surface area contributed by atoms with Crippen LogP contribution in [0.4, 0.5) is 13.2 Å². The van der Waals surface area contributed by atoms with Gasteiger partial charge in [0.1, 0.15) is 16.9 Å². The van der Waals surface area contributed by atoms with E-state index in [0.29, 0.717) is 50.8 Å². The van der Waals surface area contributed by atoms with Crippen LogP contribution in [0.1, 0.15) is 16.1 Å². The molecule has 13 heteroatoms. The predicted octanol–water partition coefficient (Wildman–Crippen LogP) is 0.806. The molecule has 31 heavy (non-hydrogen) atoms. The highest BCUT2D eigenvalue weighted by Crippen LogP contribution is 2.24. The SMILES string of the molecule is COCCN1CCOCC2(C1)CN(C(=O)c1cnoc1C)CCO2.O=C(O)C(F)(F)F. The molecule has 1 N–H and O–H groups in total. The molecule has 176 valence electrons. The fraction of sp³-hybridized carbons (Fsp3) is 0.722. The van der Waals surface area contributed by atoms with Gasteiger partial charge in [0, 0.05) is 33.3 Å². The summed E-state index contributed by atoms with van der Waals surface area (Å²) in [7, 11) is 1.70. The molecular weight excluding hydrogens is 427 g/mol. The second-order valence-corrected chi connectivity index (χ2v) is 7.18. The first kappa shape index (κ1) is 25.0. The van der Waals surface area contributed by atoms with Gasteiger partial charge >= 0.3 is 12.1 Å². The lowest BCUT2D eigenvalue weighted by Crippen LogP contribution is -2.60. The van der Waals surface area contributed by atoms with Crippen LogP contribution in [0.5, 0.6) is 0 Å². The molecule has 1 aromatic rings. The molecule has 3 rings (SSSR count). The van der Waals surface area contributed by atoms with Crippen LogP contribution >= 0.6 is 0 Å². The average molecular weight is 453 g/mol. The first-order chi connectivity index (χ1) is 14.6. The molecule has 0 aromatic carbocycles. The number of aromatic nitrogens is 1. The number of rotatable bonds is 4. The summed E-state index contributed by atoms with van der Waals surface area (Å²) in [6.07, 6.45) is -3.60. The summed E-state index contributed by atoms with van der Waals surface area (Å²) >= 11 is 0. The largest absolute Gasteiger partial charge is 0.490 e. The number of hydrogen-bond acceptors (Lipinski definition) is 8. The number of amides is 1. The summed E-state index contributed by atoms with van der Waals surface area (Å²) in [5.74, 6) is -2.28. The van der Waals surface area contributed by atoms with Gasteiger partial charge in [-0.05, 0) is 6.92 Å². The van der Waals surface area contributed by atoms with Crippen molar-refractivity contribution >= 4 is 11.9 Å². The zero-order valence-electron chi connectivity index (χ0n) is 17.3. The molecule has 1 atom stereocenters. The second-order valence-electron chi connectivity index (χ2n) is 7.18. The maximum Gasteiger partial charge on any atom is 0.490 e. The van der Waals surface area contributed by atoms with Crippen molar-refractivity contribution in [3.8, 4) is 0 Å². The quantitative estimate of drug-likeness (QED) is 0.707. The van der Waals surface area contributed by atoms with Gasteiger partial charge in [0.15, 0.2) is 0 Å². The van der Waals surface area contributed by atoms with Crippen LogP contribution in [0.15, 0.2) is 10.7 Å². The number of carbonyl (C=O) groups is 2. The first-order valence-corrected chi connectivity index (χ1v) is 9.51. The number of hydrogen-bond donors (Lipinski definition) is 1. The lowest BCUT2D eigenvalue weighted by molar-refractivity contribution is -0.192. The third-order valence-electron chi connectivity index (χ3n) is 4.80. The number of carbonyl (C=O) groups excluding carboxylic acids is 1. The van der Waals surface area contributed by atoms with Crippen LogP contribution in [-0.2, 0) is 19.0 Å². The van der Waals surface area contributed by atoms with Gasteiger partial charge in [0.05, 0.1) is 39.2 Å². The van der Waals surface area contributed by atoms with Crippen molar-refractivity contribution < 1.29 is 46.6 Å².